The van der Waals surface area contributed by atoms with Crippen LogP contribution in [0.5, 0.6) is 0 Å². The smallest absolute Gasteiger partial charge is 0.269 e. The molecule has 5 nitrogen and oxygen atoms in total. The van der Waals surface area contributed by atoms with Gasteiger partial charge in [0, 0.05) is 31.4 Å². The molecule has 2 unspecified atom stereocenters. The third-order valence-corrected chi connectivity index (χ3v) is 4.35. The second-order valence-electron chi connectivity index (χ2n) is 6.33. The van der Waals surface area contributed by atoms with Gasteiger partial charge in [-0.25, -0.2) is 4.98 Å². The minimum Gasteiger partial charge on any atom is -0.392 e. The first kappa shape index (κ1) is 16.6. The lowest BCUT2D eigenvalue weighted by Gasteiger charge is -2.24. The van der Waals surface area contributed by atoms with Crippen LogP contribution in [-0.4, -0.2) is 46.1 Å². The van der Waals surface area contributed by atoms with E-state index in [1.807, 2.05) is 37.3 Å². The Morgan fingerprint density at radius 1 is 1.25 bits per heavy atom. The predicted octanol–water partition coefficient (Wildman–Crippen LogP) is 1.76. The standard InChI is InChI=1S/C19H23N3O2/c1-14-6-5-9-18(21-14)19(24)20-11-16-10-17(23)13-22(16)12-15-7-3-2-4-8-15/h2-9,16-17,23H,10-13H2,1H3,(H,20,24). The Hall–Kier alpha value is -2.24. The van der Waals surface area contributed by atoms with Crippen molar-refractivity contribution in [2.75, 3.05) is 13.1 Å². The van der Waals surface area contributed by atoms with E-state index in [0.717, 1.165) is 12.2 Å². The highest BCUT2D eigenvalue weighted by Gasteiger charge is 2.31. The van der Waals surface area contributed by atoms with E-state index in [1.165, 1.54) is 5.56 Å². The summed E-state index contributed by atoms with van der Waals surface area (Å²) in [6.07, 6.45) is 0.335. The first-order valence-electron chi connectivity index (χ1n) is 8.29. The maximum absolute atomic E-state index is 12.2. The van der Waals surface area contributed by atoms with E-state index >= 15 is 0 Å². The van der Waals surface area contributed by atoms with Gasteiger partial charge in [-0.15, -0.1) is 0 Å². The fourth-order valence-electron chi connectivity index (χ4n) is 3.15. The Kier molecular flexibility index (Phi) is 5.23. The predicted molar refractivity (Wildman–Crippen MR) is 92.6 cm³/mol. The van der Waals surface area contributed by atoms with Gasteiger partial charge in [0.15, 0.2) is 0 Å². The molecule has 1 aromatic carbocycles. The molecule has 1 saturated heterocycles. The number of aliphatic hydroxyl groups excluding tert-OH is 1. The summed E-state index contributed by atoms with van der Waals surface area (Å²) in [4.78, 5) is 18.7. The molecule has 126 valence electrons. The normalized spacial score (nSPS) is 20.9. The average molecular weight is 325 g/mol. The molecule has 0 spiro atoms. The van der Waals surface area contributed by atoms with E-state index in [0.29, 0.717) is 25.2 Å². The lowest BCUT2D eigenvalue weighted by molar-refractivity contribution is 0.0934. The highest BCUT2D eigenvalue weighted by Crippen LogP contribution is 2.20. The van der Waals surface area contributed by atoms with Crippen LogP contribution in [0, 0.1) is 6.92 Å². The van der Waals surface area contributed by atoms with Crippen LogP contribution in [-0.2, 0) is 6.54 Å². The van der Waals surface area contributed by atoms with E-state index < -0.39 is 0 Å². The molecule has 0 radical (unpaired) electrons. The van der Waals surface area contributed by atoms with Crippen molar-refractivity contribution >= 4 is 5.91 Å². The first-order chi connectivity index (χ1) is 11.6. The van der Waals surface area contributed by atoms with Gasteiger partial charge in [0.1, 0.15) is 5.69 Å². The van der Waals surface area contributed by atoms with Crippen molar-refractivity contribution < 1.29 is 9.90 Å². The zero-order valence-electron chi connectivity index (χ0n) is 13.9. The maximum atomic E-state index is 12.2. The number of carbonyl (C=O) groups excluding carboxylic acids is 1. The molecule has 2 N–H and O–H groups in total. The summed E-state index contributed by atoms with van der Waals surface area (Å²) in [5.74, 6) is -0.167. The second-order valence-corrected chi connectivity index (χ2v) is 6.33. The molecule has 1 fully saturated rings. The maximum Gasteiger partial charge on any atom is 0.269 e. The minimum absolute atomic E-state index is 0.133. The molecule has 0 saturated carbocycles. The Morgan fingerprint density at radius 3 is 2.79 bits per heavy atom. The number of amides is 1. The van der Waals surface area contributed by atoms with E-state index in [9.17, 15) is 9.90 Å². The summed E-state index contributed by atoms with van der Waals surface area (Å²) in [6, 6.07) is 15.7. The molecule has 3 rings (SSSR count). The number of aryl methyl sites for hydroxylation is 1. The van der Waals surface area contributed by atoms with Crippen LogP contribution in [0.2, 0.25) is 0 Å². The molecule has 0 aliphatic carbocycles. The summed E-state index contributed by atoms with van der Waals surface area (Å²) in [5, 5.41) is 13.0. The summed E-state index contributed by atoms with van der Waals surface area (Å²) < 4.78 is 0. The van der Waals surface area contributed by atoms with Crippen molar-refractivity contribution in [3.63, 3.8) is 0 Å². The molecule has 0 bridgehead atoms. The van der Waals surface area contributed by atoms with Crippen molar-refractivity contribution in [2.45, 2.75) is 32.0 Å². The summed E-state index contributed by atoms with van der Waals surface area (Å²) >= 11 is 0. The molecule has 2 atom stereocenters. The van der Waals surface area contributed by atoms with E-state index in [1.54, 1.807) is 6.07 Å². The SMILES string of the molecule is Cc1cccc(C(=O)NCC2CC(O)CN2Cc2ccccc2)n1. The second kappa shape index (κ2) is 7.55. The van der Waals surface area contributed by atoms with Gasteiger partial charge >= 0.3 is 0 Å². The number of aromatic nitrogens is 1. The quantitative estimate of drug-likeness (QED) is 0.879. The van der Waals surface area contributed by atoms with Crippen molar-refractivity contribution in [1.82, 2.24) is 15.2 Å². The third-order valence-electron chi connectivity index (χ3n) is 4.35. The summed E-state index contributed by atoms with van der Waals surface area (Å²) in [7, 11) is 0. The highest BCUT2D eigenvalue weighted by molar-refractivity contribution is 5.92. The Labute approximate surface area is 142 Å². The van der Waals surface area contributed by atoms with Crippen LogP contribution in [0.4, 0.5) is 0 Å². The van der Waals surface area contributed by atoms with Crippen molar-refractivity contribution in [2.24, 2.45) is 0 Å². The molecule has 1 aromatic heterocycles. The zero-order chi connectivity index (χ0) is 16.9. The minimum atomic E-state index is -0.340. The van der Waals surface area contributed by atoms with Crippen molar-refractivity contribution in [1.29, 1.82) is 0 Å². The number of rotatable bonds is 5. The monoisotopic (exact) mass is 325 g/mol. The molecule has 24 heavy (non-hydrogen) atoms. The molecule has 1 aliphatic heterocycles. The molecule has 5 heteroatoms. The van der Waals surface area contributed by atoms with Gasteiger partial charge < -0.3 is 10.4 Å². The van der Waals surface area contributed by atoms with Gasteiger partial charge in [0.25, 0.3) is 5.91 Å². The van der Waals surface area contributed by atoms with E-state index in [4.69, 9.17) is 0 Å². The van der Waals surface area contributed by atoms with Crippen LogP contribution < -0.4 is 5.32 Å². The zero-order valence-corrected chi connectivity index (χ0v) is 13.9. The number of aliphatic hydroxyl groups is 1. The fraction of sp³-hybridized carbons (Fsp3) is 0.368. The van der Waals surface area contributed by atoms with Gasteiger partial charge in [0.05, 0.1) is 6.10 Å². The van der Waals surface area contributed by atoms with Gasteiger partial charge in [0.2, 0.25) is 0 Å². The molecular weight excluding hydrogens is 302 g/mol. The number of nitrogens with one attached hydrogen (secondary N) is 1. The number of β-amino-alcohol motifs (C(OH)–C–C–N with tert-alkyl or cyclic N) is 1. The van der Waals surface area contributed by atoms with E-state index in [-0.39, 0.29) is 18.1 Å². The Bertz CT molecular complexity index is 690. The number of likely N-dealkylation sites (tertiary alicyclic amines) is 1. The Morgan fingerprint density at radius 2 is 2.04 bits per heavy atom. The number of benzene rings is 1. The molecule has 1 amide bonds. The first-order valence-corrected chi connectivity index (χ1v) is 8.29. The Balaban J connectivity index is 1.59. The van der Waals surface area contributed by atoms with Crippen molar-refractivity contribution in [3.8, 4) is 0 Å². The number of carbonyl (C=O) groups is 1. The van der Waals surface area contributed by atoms with E-state index in [2.05, 4.69) is 27.3 Å². The van der Waals surface area contributed by atoms with Crippen LogP contribution in [0.25, 0.3) is 0 Å². The van der Waals surface area contributed by atoms with Gasteiger partial charge in [-0.2, -0.15) is 0 Å². The molecule has 2 aromatic rings. The average Bonchev–Trinajstić information content (AvgIpc) is 2.93. The van der Waals surface area contributed by atoms with Gasteiger partial charge in [-0.3, -0.25) is 9.69 Å². The largest absolute Gasteiger partial charge is 0.392 e. The molecule has 2 heterocycles. The molecular formula is C19H23N3O2. The van der Waals surface area contributed by atoms with Crippen LogP contribution in [0.1, 0.15) is 28.2 Å². The van der Waals surface area contributed by atoms with Crippen LogP contribution in [0.3, 0.4) is 0 Å². The number of hydrogen-bond donors (Lipinski definition) is 2. The third kappa shape index (κ3) is 4.19. The van der Waals surface area contributed by atoms with Crippen molar-refractivity contribution in [3.05, 3.63) is 65.5 Å². The summed E-state index contributed by atoms with van der Waals surface area (Å²) in [5.41, 5.74) is 2.47. The van der Waals surface area contributed by atoms with Gasteiger partial charge in [-0.1, -0.05) is 36.4 Å². The highest BCUT2D eigenvalue weighted by atomic mass is 16.3. The van der Waals surface area contributed by atoms with Crippen LogP contribution in [0.15, 0.2) is 48.5 Å². The number of nitrogens with zero attached hydrogens (tertiary/aromatic N) is 2. The van der Waals surface area contributed by atoms with Gasteiger partial charge in [-0.05, 0) is 31.0 Å². The topological polar surface area (TPSA) is 65.5 Å². The lowest BCUT2D eigenvalue weighted by atomic mass is 10.1. The van der Waals surface area contributed by atoms with Crippen LogP contribution >= 0.6 is 0 Å². The number of hydrogen-bond acceptors (Lipinski definition) is 4. The summed E-state index contributed by atoms with van der Waals surface area (Å²) in [6.45, 7) is 3.79. The fourth-order valence-corrected chi connectivity index (χ4v) is 3.15. The molecule has 1 aliphatic rings. The lowest BCUT2D eigenvalue weighted by Crippen LogP contribution is -2.40. The number of pyridine rings is 1.